The van der Waals surface area contributed by atoms with Crippen LogP contribution in [0.1, 0.15) is 37.6 Å². The fourth-order valence-corrected chi connectivity index (χ4v) is 4.78. The summed E-state index contributed by atoms with van der Waals surface area (Å²) in [5, 5.41) is 0. The maximum atomic E-state index is 13.6. The minimum atomic E-state index is -0.797. The summed E-state index contributed by atoms with van der Waals surface area (Å²) in [6.45, 7) is 4.18. The van der Waals surface area contributed by atoms with Crippen LogP contribution in [-0.4, -0.2) is 31.4 Å². The Bertz CT molecular complexity index is 1380. The number of allylic oxidation sites excluding steroid dienone is 1. The SMILES string of the molecule is CCCOc1c(OC)cccc1[C@@H]1C(C(=O)OC)=C(C)N=c2s/c(=C\c3ccco3)c(=O)n21. The molecule has 0 aliphatic carbocycles. The monoisotopic (exact) mass is 468 g/mol. The van der Waals surface area contributed by atoms with E-state index in [0.29, 0.717) is 44.5 Å². The van der Waals surface area contributed by atoms with Gasteiger partial charge in [0.25, 0.3) is 5.56 Å². The zero-order valence-corrected chi connectivity index (χ0v) is 19.6. The van der Waals surface area contributed by atoms with E-state index in [1.54, 1.807) is 50.6 Å². The molecule has 9 heteroatoms. The van der Waals surface area contributed by atoms with E-state index in [1.807, 2.05) is 13.0 Å². The quantitative estimate of drug-likeness (QED) is 0.495. The molecule has 172 valence electrons. The van der Waals surface area contributed by atoms with E-state index in [2.05, 4.69) is 4.99 Å². The molecule has 0 fully saturated rings. The fraction of sp³-hybridized carbons (Fsp3) is 0.292. The maximum Gasteiger partial charge on any atom is 0.338 e. The number of esters is 1. The van der Waals surface area contributed by atoms with Gasteiger partial charge in [0.2, 0.25) is 0 Å². The highest BCUT2D eigenvalue weighted by molar-refractivity contribution is 7.07. The van der Waals surface area contributed by atoms with Crippen molar-refractivity contribution in [1.29, 1.82) is 0 Å². The van der Waals surface area contributed by atoms with Gasteiger partial charge < -0.3 is 18.6 Å². The predicted octanol–water partition coefficient (Wildman–Crippen LogP) is 2.80. The summed E-state index contributed by atoms with van der Waals surface area (Å²) in [5.41, 5.74) is 1.06. The summed E-state index contributed by atoms with van der Waals surface area (Å²) in [4.78, 5) is 31.5. The molecule has 0 spiro atoms. The molecule has 3 heterocycles. The standard InChI is InChI=1S/C24H24N2O6S/c1-5-11-32-21-16(9-6-10-17(21)29-3)20-19(23(28)30-4)14(2)25-24-26(20)22(27)18(33-24)13-15-8-7-12-31-15/h6-10,12-13,20H,5,11H2,1-4H3/b18-13-/t20-/m1/s1. The van der Waals surface area contributed by atoms with Crippen molar-refractivity contribution >= 4 is 23.4 Å². The highest BCUT2D eigenvalue weighted by Crippen LogP contribution is 2.40. The molecule has 1 aliphatic heterocycles. The van der Waals surface area contributed by atoms with Crippen molar-refractivity contribution in [2.75, 3.05) is 20.8 Å². The van der Waals surface area contributed by atoms with E-state index in [4.69, 9.17) is 18.6 Å². The van der Waals surface area contributed by atoms with Crippen LogP contribution in [0, 0.1) is 0 Å². The molecule has 0 amide bonds. The molecule has 1 aliphatic rings. The summed E-state index contributed by atoms with van der Waals surface area (Å²) in [6, 6.07) is 8.12. The summed E-state index contributed by atoms with van der Waals surface area (Å²) in [7, 11) is 2.86. The summed E-state index contributed by atoms with van der Waals surface area (Å²) in [5.74, 6) is 0.973. The summed E-state index contributed by atoms with van der Waals surface area (Å²) >= 11 is 1.23. The van der Waals surface area contributed by atoms with Crippen LogP contribution in [0.15, 0.2) is 62.1 Å². The number of methoxy groups -OCH3 is 2. The Morgan fingerprint density at radius 3 is 2.76 bits per heavy atom. The Hall–Kier alpha value is -3.59. The van der Waals surface area contributed by atoms with Crippen molar-refractivity contribution in [3.8, 4) is 11.5 Å². The zero-order chi connectivity index (χ0) is 23.5. The first-order chi connectivity index (χ1) is 16.0. The van der Waals surface area contributed by atoms with Crippen molar-refractivity contribution in [2.24, 2.45) is 4.99 Å². The van der Waals surface area contributed by atoms with Gasteiger partial charge in [-0.3, -0.25) is 9.36 Å². The topological polar surface area (TPSA) is 92.3 Å². The molecule has 8 nitrogen and oxygen atoms in total. The van der Waals surface area contributed by atoms with Crippen LogP contribution in [0.5, 0.6) is 11.5 Å². The minimum Gasteiger partial charge on any atom is -0.493 e. The van der Waals surface area contributed by atoms with E-state index >= 15 is 0 Å². The second-order valence-corrected chi connectivity index (χ2v) is 8.32. The lowest BCUT2D eigenvalue weighted by Crippen LogP contribution is -2.40. The Morgan fingerprint density at radius 1 is 1.27 bits per heavy atom. The predicted molar refractivity (Wildman–Crippen MR) is 123 cm³/mol. The maximum absolute atomic E-state index is 13.6. The molecule has 0 saturated carbocycles. The van der Waals surface area contributed by atoms with Crippen LogP contribution in [0.4, 0.5) is 0 Å². The first-order valence-electron chi connectivity index (χ1n) is 10.4. The van der Waals surface area contributed by atoms with Crippen LogP contribution >= 0.6 is 11.3 Å². The molecule has 4 rings (SSSR count). The normalized spacial score (nSPS) is 15.8. The second-order valence-electron chi connectivity index (χ2n) is 7.32. The Balaban J connectivity index is 2.02. The lowest BCUT2D eigenvalue weighted by atomic mass is 9.94. The average molecular weight is 469 g/mol. The lowest BCUT2D eigenvalue weighted by molar-refractivity contribution is -0.136. The number of benzene rings is 1. The average Bonchev–Trinajstić information content (AvgIpc) is 3.44. The number of thiazole rings is 1. The van der Waals surface area contributed by atoms with Crippen LogP contribution in [0.2, 0.25) is 0 Å². The van der Waals surface area contributed by atoms with Crippen molar-refractivity contribution < 1.29 is 23.4 Å². The highest BCUT2D eigenvalue weighted by atomic mass is 32.1. The Morgan fingerprint density at radius 2 is 2.09 bits per heavy atom. The van der Waals surface area contributed by atoms with Crippen molar-refractivity contribution in [3.63, 3.8) is 0 Å². The van der Waals surface area contributed by atoms with Crippen molar-refractivity contribution in [1.82, 2.24) is 4.57 Å². The molecule has 2 aromatic heterocycles. The van der Waals surface area contributed by atoms with Crippen LogP contribution in [-0.2, 0) is 9.53 Å². The number of hydrogen-bond donors (Lipinski definition) is 0. The molecule has 1 atom stereocenters. The van der Waals surface area contributed by atoms with Gasteiger partial charge in [-0.2, -0.15) is 0 Å². The Kier molecular flexibility index (Phi) is 6.50. The molecule has 0 saturated heterocycles. The number of furan rings is 1. The van der Waals surface area contributed by atoms with Gasteiger partial charge in [-0.1, -0.05) is 30.4 Å². The largest absolute Gasteiger partial charge is 0.493 e. The van der Waals surface area contributed by atoms with Gasteiger partial charge >= 0.3 is 5.97 Å². The van der Waals surface area contributed by atoms with Crippen LogP contribution < -0.4 is 24.4 Å². The Labute approximate surface area is 194 Å². The van der Waals surface area contributed by atoms with E-state index in [-0.39, 0.29) is 11.1 Å². The number of ether oxygens (including phenoxy) is 3. The molecular weight excluding hydrogens is 444 g/mol. The molecule has 3 aromatic rings. The van der Waals surface area contributed by atoms with Gasteiger partial charge in [-0.25, -0.2) is 9.79 Å². The highest BCUT2D eigenvalue weighted by Gasteiger charge is 2.35. The molecule has 33 heavy (non-hydrogen) atoms. The third-order valence-electron chi connectivity index (χ3n) is 5.22. The van der Waals surface area contributed by atoms with Gasteiger partial charge in [0, 0.05) is 11.6 Å². The number of hydrogen-bond acceptors (Lipinski definition) is 8. The molecule has 0 N–H and O–H groups in total. The third-order valence-corrected chi connectivity index (χ3v) is 6.20. The summed E-state index contributed by atoms with van der Waals surface area (Å²) < 4.78 is 24.0. The van der Waals surface area contributed by atoms with Crippen LogP contribution in [0.3, 0.4) is 0 Å². The number of nitrogens with zero attached hydrogens (tertiary/aromatic N) is 2. The minimum absolute atomic E-state index is 0.268. The molecule has 0 radical (unpaired) electrons. The number of carbonyl (C=O) groups is 1. The van der Waals surface area contributed by atoms with Gasteiger partial charge in [0.05, 0.1) is 42.9 Å². The van der Waals surface area contributed by atoms with Crippen molar-refractivity contribution in [2.45, 2.75) is 26.3 Å². The fourth-order valence-electron chi connectivity index (χ4n) is 3.76. The summed E-state index contributed by atoms with van der Waals surface area (Å²) in [6.07, 6.45) is 3.99. The lowest BCUT2D eigenvalue weighted by Gasteiger charge is -2.26. The van der Waals surface area contributed by atoms with E-state index in [0.717, 1.165) is 6.42 Å². The first-order valence-corrected chi connectivity index (χ1v) is 11.3. The number of rotatable bonds is 7. The number of fused-ring (bicyclic) bond motifs is 1. The van der Waals surface area contributed by atoms with Gasteiger partial charge in [-0.15, -0.1) is 0 Å². The number of para-hydroxylation sites is 1. The third kappa shape index (κ3) is 4.11. The van der Waals surface area contributed by atoms with Gasteiger partial charge in [0.1, 0.15) is 11.8 Å². The second kappa shape index (κ2) is 9.50. The van der Waals surface area contributed by atoms with E-state index in [9.17, 15) is 9.59 Å². The van der Waals surface area contributed by atoms with Crippen LogP contribution in [0.25, 0.3) is 6.08 Å². The smallest absolute Gasteiger partial charge is 0.338 e. The molecule has 0 bridgehead atoms. The molecule has 0 unspecified atom stereocenters. The first kappa shape index (κ1) is 22.6. The zero-order valence-electron chi connectivity index (χ0n) is 18.8. The van der Waals surface area contributed by atoms with Crippen molar-refractivity contribution in [3.05, 3.63) is 78.9 Å². The van der Waals surface area contributed by atoms with E-state index in [1.165, 1.54) is 23.0 Å². The molecule has 1 aromatic carbocycles. The van der Waals surface area contributed by atoms with E-state index < -0.39 is 12.0 Å². The van der Waals surface area contributed by atoms with Gasteiger partial charge in [0.15, 0.2) is 16.3 Å². The number of aromatic nitrogens is 1. The molecular formula is C24H24N2O6S. The number of carbonyl (C=O) groups excluding carboxylic acids is 1. The van der Waals surface area contributed by atoms with Gasteiger partial charge in [-0.05, 0) is 31.5 Å².